The second kappa shape index (κ2) is 25.3. The minimum absolute atomic E-state index is 0.0696. The van der Waals surface area contributed by atoms with Crippen molar-refractivity contribution in [3.05, 3.63) is 0 Å². The highest BCUT2D eigenvalue weighted by atomic mass is 31.2. The van der Waals surface area contributed by atoms with Crippen LogP contribution in [0.25, 0.3) is 0 Å². The number of amides is 1. The lowest BCUT2D eigenvalue weighted by molar-refractivity contribution is -0.147. The van der Waals surface area contributed by atoms with E-state index in [-0.39, 0.29) is 32.1 Å². The van der Waals surface area contributed by atoms with Crippen LogP contribution < -0.4 is 5.32 Å². The van der Waals surface area contributed by atoms with Gasteiger partial charge in [-0.25, -0.2) is 4.57 Å². The fourth-order valence-electron chi connectivity index (χ4n) is 3.82. The Balaban J connectivity index is 3.51. The molecule has 0 aliphatic rings. The predicted molar refractivity (Wildman–Crippen MR) is 146 cm³/mol. The van der Waals surface area contributed by atoms with Gasteiger partial charge in [0, 0.05) is 19.4 Å². The van der Waals surface area contributed by atoms with Gasteiger partial charge in [0.2, 0.25) is 5.91 Å². The number of ether oxygens (including phenoxy) is 1. The summed E-state index contributed by atoms with van der Waals surface area (Å²) in [5.41, 5.74) is 0. The van der Waals surface area contributed by atoms with Gasteiger partial charge < -0.3 is 20.1 Å². The predicted octanol–water partition coefficient (Wildman–Crippen LogP) is 6.20. The lowest BCUT2D eigenvalue weighted by atomic mass is 10.0. The number of aliphatic hydroxyl groups is 1. The van der Waals surface area contributed by atoms with E-state index < -0.39 is 26.5 Å². The van der Waals surface area contributed by atoms with Crippen molar-refractivity contribution in [3.63, 3.8) is 0 Å². The Labute approximate surface area is 225 Å². The molecular weight excluding hydrogens is 497 g/mol. The molecule has 0 saturated carbocycles. The molecule has 0 bridgehead atoms. The van der Waals surface area contributed by atoms with E-state index in [9.17, 15) is 24.2 Å². The van der Waals surface area contributed by atoms with Crippen molar-refractivity contribution in [2.45, 2.75) is 136 Å². The number of hydrogen-bond acceptors (Lipinski definition) is 7. The summed E-state index contributed by atoms with van der Waals surface area (Å²) in [4.78, 5) is 32.4. The highest BCUT2D eigenvalue weighted by Gasteiger charge is 2.23. The number of aliphatic hydroxyl groups excluding tert-OH is 1. The van der Waals surface area contributed by atoms with Gasteiger partial charge in [-0.05, 0) is 6.42 Å². The molecule has 2 atom stereocenters. The van der Waals surface area contributed by atoms with Gasteiger partial charge in [0.25, 0.3) is 0 Å². The first-order valence-electron chi connectivity index (χ1n) is 14.5. The molecular formula is C27H54NO8P. The molecule has 10 heteroatoms. The quantitative estimate of drug-likeness (QED) is 0.0624. The van der Waals surface area contributed by atoms with Crippen molar-refractivity contribution in [2.24, 2.45) is 0 Å². The molecule has 220 valence electrons. The van der Waals surface area contributed by atoms with Crippen LogP contribution in [-0.4, -0.2) is 54.3 Å². The van der Waals surface area contributed by atoms with Crippen molar-refractivity contribution < 1.29 is 37.9 Å². The number of carbonyl (C=O) groups excluding carboxylic acids is 2. The molecule has 0 aliphatic carbocycles. The number of rotatable bonds is 27. The van der Waals surface area contributed by atoms with Gasteiger partial charge in [-0.15, -0.1) is 0 Å². The van der Waals surface area contributed by atoms with Crippen LogP contribution >= 0.6 is 7.82 Å². The van der Waals surface area contributed by atoms with Crippen LogP contribution in [0.3, 0.4) is 0 Å². The molecule has 0 rings (SSSR count). The fraction of sp³-hybridized carbons (Fsp3) is 0.926. The Hall–Kier alpha value is -0.990. The van der Waals surface area contributed by atoms with Crippen LogP contribution in [0, 0.1) is 0 Å². The Morgan fingerprint density at radius 3 is 1.73 bits per heavy atom. The lowest BCUT2D eigenvalue weighted by Gasteiger charge is -2.15. The standard InChI is InChI=1S/C27H54NO8P/c1-3-5-6-7-8-9-10-11-12-13-14-15-16-17-18-19-20-27(31)34-23-25(29)24-36-37(32,33)35-22-21-28-26(30)4-2/h25,29H,3-24H2,1-2H3,(H,28,30)(H,32,33). The molecule has 9 nitrogen and oxygen atoms in total. The van der Waals surface area contributed by atoms with E-state index in [1.807, 2.05) is 0 Å². The summed E-state index contributed by atoms with van der Waals surface area (Å²) >= 11 is 0. The number of phosphoric ester groups is 1. The van der Waals surface area contributed by atoms with Crippen LogP contribution in [0.15, 0.2) is 0 Å². The first-order chi connectivity index (χ1) is 17.8. The van der Waals surface area contributed by atoms with Gasteiger partial charge in [-0.1, -0.05) is 110 Å². The third-order valence-electron chi connectivity index (χ3n) is 6.10. The third-order valence-corrected chi connectivity index (χ3v) is 7.09. The Bertz CT molecular complexity index is 605. The zero-order chi connectivity index (χ0) is 27.6. The van der Waals surface area contributed by atoms with Crippen LogP contribution in [0.5, 0.6) is 0 Å². The fourth-order valence-corrected chi connectivity index (χ4v) is 4.58. The number of unbranched alkanes of at least 4 members (excludes halogenated alkanes) is 15. The van der Waals surface area contributed by atoms with Crippen LogP contribution in [0.4, 0.5) is 0 Å². The Morgan fingerprint density at radius 2 is 1.24 bits per heavy atom. The molecule has 0 fully saturated rings. The van der Waals surface area contributed by atoms with E-state index in [0.29, 0.717) is 6.42 Å². The van der Waals surface area contributed by atoms with Crippen molar-refractivity contribution in [3.8, 4) is 0 Å². The summed E-state index contributed by atoms with van der Waals surface area (Å²) in [5, 5.41) is 12.3. The van der Waals surface area contributed by atoms with Crippen molar-refractivity contribution in [1.82, 2.24) is 5.32 Å². The highest BCUT2D eigenvalue weighted by molar-refractivity contribution is 7.47. The molecule has 0 saturated heterocycles. The number of phosphoric acid groups is 1. The maximum absolute atomic E-state index is 11.8. The third kappa shape index (κ3) is 26.4. The average molecular weight is 552 g/mol. The number of esters is 1. The number of nitrogens with one attached hydrogen (secondary N) is 1. The highest BCUT2D eigenvalue weighted by Crippen LogP contribution is 2.42. The van der Waals surface area contributed by atoms with Gasteiger partial charge in [-0.2, -0.15) is 0 Å². The molecule has 0 aliphatic heterocycles. The van der Waals surface area contributed by atoms with Gasteiger partial charge in [-0.3, -0.25) is 18.6 Å². The molecule has 0 radical (unpaired) electrons. The first kappa shape index (κ1) is 36.0. The summed E-state index contributed by atoms with van der Waals surface area (Å²) < 4.78 is 26.1. The molecule has 0 spiro atoms. The Kier molecular flexibility index (Phi) is 24.6. The second-order valence-electron chi connectivity index (χ2n) is 9.69. The minimum atomic E-state index is -4.36. The van der Waals surface area contributed by atoms with Gasteiger partial charge in [0.05, 0.1) is 13.2 Å². The first-order valence-corrected chi connectivity index (χ1v) is 16.0. The van der Waals surface area contributed by atoms with Crippen molar-refractivity contribution in [2.75, 3.05) is 26.4 Å². The van der Waals surface area contributed by atoms with Gasteiger partial charge in [0.15, 0.2) is 0 Å². The van der Waals surface area contributed by atoms with E-state index in [0.717, 1.165) is 19.3 Å². The number of hydrogen-bond donors (Lipinski definition) is 3. The van der Waals surface area contributed by atoms with E-state index in [2.05, 4.69) is 16.8 Å². The number of carbonyl (C=O) groups is 2. The Morgan fingerprint density at radius 1 is 0.757 bits per heavy atom. The zero-order valence-corrected chi connectivity index (χ0v) is 24.3. The van der Waals surface area contributed by atoms with E-state index in [1.54, 1.807) is 6.92 Å². The topological polar surface area (TPSA) is 131 Å². The molecule has 0 aromatic carbocycles. The maximum Gasteiger partial charge on any atom is 0.472 e. The summed E-state index contributed by atoms with van der Waals surface area (Å²) in [5.74, 6) is -0.603. The minimum Gasteiger partial charge on any atom is -0.463 e. The molecule has 3 N–H and O–H groups in total. The van der Waals surface area contributed by atoms with Crippen LogP contribution in [0.1, 0.15) is 129 Å². The normalized spacial score (nSPS) is 13.7. The summed E-state index contributed by atoms with van der Waals surface area (Å²) in [6.07, 6.45) is 19.6. The largest absolute Gasteiger partial charge is 0.472 e. The van der Waals surface area contributed by atoms with Crippen molar-refractivity contribution >= 4 is 19.7 Å². The average Bonchev–Trinajstić information content (AvgIpc) is 2.88. The second-order valence-corrected chi connectivity index (χ2v) is 11.1. The van der Waals surface area contributed by atoms with Crippen LogP contribution in [0.2, 0.25) is 0 Å². The smallest absolute Gasteiger partial charge is 0.463 e. The van der Waals surface area contributed by atoms with Crippen LogP contribution in [-0.2, 0) is 27.9 Å². The maximum atomic E-state index is 11.8. The SMILES string of the molecule is CCCCCCCCCCCCCCCCCCC(=O)OCC(O)COP(=O)(O)OCCNC(=O)CC. The monoisotopic (exact) mass is 551 g/mol. The molecule has 2 unspecified atom stereocenters. The van der Waals surface area contributed by atoms with E-state index in [4.69, 9.17) is 9.26 Å². The van der Waals surface area contributed by atoms with Crippen molar-refractivity contribution in [1.29, 1.82) is 0 Å². The molecule has 0 aromatic rings. The van der Waals surface area contributed by atoms with Gasteiger partial charge >= 0.3 is 13.8 Å². The molecule has 37 heavy (non-hydrogen) atoms. The summed E-state index contributed by atoms with van der Waals surface area (Å²) in [6.45, 7) is 2.98. The molecule has 1 amide bonds. The van der Waals surface area contributed by atoms with Gasteiger partial charge in [0.1, 0.15) is 12.7 Å². The summed E-state index contributed by atoms with van der Waals surface area (Å²) in [7, 11) is -4.36. The van der Waals surface area contributed by atoms with E-state index >= 15 is 0 Å². The molecule has 0 aromatic heterocycles. The van der Waals surface area contributed by atoms with E-state index in [1.165, 1.54) is 83.5 Å². The zero-order valence-electron chi connectivity index (χ0n) is 23.4. The molecule has 0 heterocycles. The summed E-state index contributed by atoms with van der Waals surface area (Å²) in [6, 6.07) is 0. The lowest BCUT2D eigenvalue weighted by Crippen LogP contribution is -2.26.